The van der Waals surface area contributed by atoms with Crippen molar-refractivity contribution >= 4 is 0 Å². The Morgan fingerprint density at radius 3 is 2.00 bits per heavy atom. The lowest BCUT2D eigenvalue weighted by molar-refractivity contribution is 0.385. The molecular weight excluding hydrogens is 164 g/mol. The zero-order valence-corrected chi connectivity index (χ0v) is 8.04. The van der Waals surface area contributed by atoms with Gasteiger partial charge in [-0.3, -0.25) is 0 Å². The van der Waals surface area contributed by atoms with Crippen molar-refractivity contribution in [3.05, 3.63) is 23.8 Å². The lowest BCUT2D eigenvalue weighted by Gasteiger charge is -2.11. The molecule has 2 heteroatoms. The van der Waals surface area contributed by atoms with Crippen molar-refractivity contribution in [1.82, 2.24) is 0 Å². The molecule has 0 heterocycles. The smallest absolute Gasteiger partial charge is 0.126 e. The van der Waals surface area contributed by atoms with Crippen LogP contribution in [0.4, 0.5) is 0 Å². The second kappa shape index (κ2) is 3.29. The summed E-state index contributed by atoms with van der Waals surface area (Å²) in [5, 5.41) is 0. The van der Waals surface area contributed by atoms with E-state index in [-0.39, 0.29) is 0 Å². The zero-order valence-electron chi connectivity index (χ0n) is 8.04. The van der Waals surface area contributed by atoms with Gasteiger partial charge in [0.25, 0.3) is 0 Å². The minimum atomic E-state index is 0.658. The van der Waals surface area contributed by atoms with E-state index >= 15 is 0 Å². The van der Waals surface area contributed by atoms with E-state index < -0.39 is 0 Å². The van der Waals surface area contributed by atoms with Gasteiger partial charge in [0.15, 0.2) is 0 Å². The van der Waals surface area contributed by atoms with E-state index in [4.69, 9.17) is 9.47 Å². The highest BCUT2D eigenvalue weighted by atomic mass is 16.5. The molecule has 0 radical (unpaired) electrons. The van der Waals surface area contributed by atoms with Crippen LogP contribution in [0, 0.1) is 0 Å². The third-order valence-electron chi connectivity index (χ3n) is 2.45. The molecule has 0 unspecified atom stereocenters. The second-order valence-electron chi connectivity index (χ2n) is 3.35. The summed E-state index contributed by atoms with van der Waals surface area (Å²) < 4.78 is 10.6. The van der Waals surface area contributed by atoms with Gasteiger partial charge in [0.05, 0.1) is 14.2 Å². The Labute approximate surface area is 78.5 Å². The van der Waals surface area contributed by atoms with Crippen LogP contribution in [0.25, 0.3) is 0 Å². The Bertz CT molecular complexity index is 281. The lowest BCUT2D eigenvalue weighted by atomic mass is 10.1. The quantitative estimate of drug-likeness (QED) is 0.708. The van der Waals surface area contributed by atoms with E-state index in [1.807, 2.05) is 18.2 Å². The second-order valence-corrected chi connectivity index (χ2v) is 3.35. The van der Waals surface area contributed by atoms with Crippen molar-refractivity contribution in [2.75, 3.05) is 14.2 Å². The van der Waals surface area contributed by atoms with Crippen LogP contribution in [0.2, 0.25) is 0 Å². The number of hydrogen-bond acceptors (Lipinski definition) is 2. The Morgan fingerprint density at radius 2 is 1.62 bits per heavy atom. The van der Waals surface area contributed by atoms with E-state index in [2.05, 4.69) is 0 Å². The Kier molecular flexibility index (Phi) is 2.13. The first kappa shape index (κ1) is 8.42. The molecule has 1 aliphatic rings. The van der Waals surface area contributed by atoms with Crippen LogP contribution in [0.1, 0.15) is 24.3 Å². The molecule has 0 atom stereocenters. The van der Waals surface area contributed by atoms with Crippen LogP contribution in [0.15, 0.2) is 18.2 Å². The molecule has 13 heavy (non-hydrogen) atoms. The van der Waals surface area contributed by atoms with E-state index in [1.54, 1.807) is 14.2 Å². The maximum Gasteiger partial charge on any atom is 0.126 e. The number of methoxy groups -OCH3 is 2. The molecule has 0 bridgehead atoms. The molecule has 1 aromatic carbocycles. The fourth-order valence-corrected chi connectivity index (χ4v) is 1.65. The van der Waals surface area contributed by atoms with Crippen LogP contribution in [-0.2, 0) is 0 Å². The number of benzene rings is 1. The molecule has 0 aromatic heterocycles. The van der Waals surface area contributed by atoms with Crippen LogP contribution in [0.5, 0.6) is 11.5 Å². The predicted octanol–water partition coefficient (Wildman–Crippen LogP) is 2.58. The highest BCUT2D eigenvalue weighted by Crippen LogP contribution is 2.48. The van der Waals surface area contributed by atoms with Crippen molar-refractivity contribution in [3.63, 3.8) is 0 Å². The number of hydrogen-bond donors (Lipinski definition) is 0. The summed E-state index contributed by atoms with van der Waals surface area (Å²) in [6.07, 6.45) is 2.52. The molecule has 0 aliphatic heterocycles. The Hall–Kier alpha value is -1.18. The maximum absolute atomic E-state index is 5.31. The highest BCUT2D eigenvalue weighted by molar-refractivity contribution is 5.48. The van der Waals surface area contributed by atoms with Crippen molar-refractivity contribution < 1.29 is 9.47 Å². The zero-order chi connectivity index (χ0) is 9.26. The third kappa shape index (κ3) is 1.48. The maximum atomic E-state index is 5.31. The largest absolute Gasteiger partial charge is 0.496 e. The summed E-state index contributed by atoms with van der Waals surface area (Å²) in [4.78, 5) is 0. The standard InChI is InChI=1S/C11H14O2/c1-12-9-4-3-5-10(13-2)11(9)8-6-7-8/h3-5,8H,6-7H2,1-2H3. The van der Waals surface area contributed by atoms with Crippen LogP contribution >= 0.6 is 0 Å². The Balaban J connectivity index is 2.44. The molecular formula is C11H14O2. The molecule has 0 amide bonds. The highest BCUT2D eigenvalue weighted by Gasteiger charge is 2.29. The SMILES string of the molecule is COc1cccc(OC)c1C1CC1. The minimum absolute atomic E-state index is 0.658. The van der Waals surface area contributed by atoms with Gasteiger partial charge in [-0.1, -0.05) is 6.07 Å². The molecule has 0 saturated heterocycles. The summed E-state index contributed by atoms with van der Waals surface area (Å²) in [6.45, 7) is 0. The third-order valence-corrected chi connectivity index (χ3v) is 2.45. The summed E-state index contributed by atoms with van der Waals surface area (Å²) in [7, 11) is 3.42. The van der Waals surface area contributed by atoms with E-state index in [0.29, 0.717) is 5.92 Å². The summed E-state index contributed by atoms with van der Waals surface area (Å²) in [5.41, 5.74) is 1.24. The van der Waals surface area contributed by atoms with Gasteiger partial charge < -0.3 is 9.47 Å². The first-order chi connectivity index (χ1) is 6.36. The normalized spacial score (nSPS) is 15.5. The van der Waals surface area contributed by atoms with Gasteiger partial charge in [-0.05, 0) is 30.9 Å². The van der Waals surface area contributed by atoms with Crippen molar-refractivity contribution in [2.24, 2.45) is 0 Å². The predicted molar refractivity (Wildman–Crippen MR) is 51.5 cm³/mol. The minimum Gasteiger partial charge on any atom is -0.496 e. The average Bonchev–Trinajstić information content (AvgIpc) is 3.00. The molecule has 1 saturated carbocycles. The van der Waals surface area contributed by atoms with Gasteiger partial charge in [-0.25, -0.2) is 0 Å². The van der Waals surface area contributed by atoms with E-state index in [0.717, 1.165) is 11.5 Å². The van der Waals surface area contributed by atoms with E-state index in [9.17, 15) is 0 Å². The van der Waals surface area contributed by atoms with Gasteiger partial charge in [-0.2, -0.15) is 0 Å². The number of ether oxygens (including phenoxy) is 2. The molecule has 1 fully saturated rings. The Morgan fingerprint density at radius 1 is 1.08 bits per heavy atom. The molecule has 2 nitrogen and oxygen atoms in total. The fourth-order valence-electron chi connectivity index (χ4n) is 1.65. The first-order valence-corrected chi connectivity index (χ1v) is 4.57. The van der Waals surface area contributed by atoms with Crippen molar-refractivity contribution in [3.8, 4) is 11.5 Å². The van der Waals surface area contributed by atoms with E-state index in [1.165, 1.54) is 18.4 Å². The summed E-state index contributed by atoms with van der Waals surface area (Å²) in [5.74, 6) is 2.58. The topological polar surface area (TPSA) is 18.5 Å². The number of rotatable bonds is 3. The average molecular weight is 178 g/mol. The molecule has 0 spiro atoms. The molecule has 2 rings (SSSR count). The van der Waals surface area contributed by atoms with Gasteiger partial charge in [0.1, 0.15) is 11.5 Å². The first-order valence-electron chi connectivity index (χ1n) is 4.57. The van der Waals surface area contributed by atoms with Crippen LogP contribution in [-0.4, -0.2) is 14.2 Å². The van der Waals surface area contributed by atoms with Gasteiger partial charge >= 0.3 is 0 Å². The van der Waals surface area contributed by atoms with Gasteiger partial charge in [0.2, 0.25) is 0 Å². The van der Waals surface area contributed by atoms with Crippen LogP contribution < -0.4 is 9.47 Å². The summed E-state index contributed by atoms with van der Waals surface area (Å²) in [6, 6.07) is 5.95. The summed E-state index contributed by atoms with van der Waals surface area (Å²) >= 11 is 0. The lowest BCUT2D eigenvalue weighted by Crippen LogP contribution is -1.94. The van der Waals surface area contributed by atoms with Crippen molar-refractivity contribution in [2.45, 2.75) is 18.8 Å². The van der Waals surface area contributed by atoms with Gasteiger partial charge in [0, 0.05) is 5.56 Å². The molecule has 0 N–H and O–H groups in total. The molecule has 70 valence electrons. The van der Waals surface area contributed by atoms with Gasteiger partial charge in [-0.15, -0.1) is 0 Å². The van der Waals surface area contributed by atoms with Crippen molar-refractivity contribution in [1.29, 1.82) is 0 Å². The monoisotopic (exact) mass is 178 g/mol. The fraction of sp³-hybridized carbons (Fsp3) is 0.455. The molecule has 1 aliphatic carbocycles. The van der Waals surface area contributed by atoms with Crippen LogP contribution in [0.3, 0.4) is 0 Å². The molecule has 1 aromatic rings.